The number of halogens is 2. The molecule has 1 heterocycles. The molecule has 0 bridgehead atoms. The van der Waals surface area contributed by atoms with Crippen LogP contribution in [-0.2, 0) is 14.3 Å². The van der Waals surface area contributed by atoms with Gasteiger partial charge in [-0.2, -0.15) is 0 Å². The minimum absolute atomic E-state index is 0.223. The lowest BCUT2D eigenvalue weighted by atomic mass is 10.1. The molecular formula is C20H16Cl2N2O5. The van der Waals surface area contributed by atoms with Gasteiger partial charge in [-0.3, -0.25) is 19.3 Å². The van der Waals surface area contributed by atoms with Crippen LogP contribution < -0.4 is 5.32 Å². The highest BCUT2D eigenvalue weighted by atomic mass is 35.5. The van der Waals surface area contributed by atoms with Crippen LogP contribution in [0.5, 0.6) is 0 Å². The molecule has 0 spiro atoms. The van der Waals surface area contributed by atoms with Gasteiger partial charge >= 0.3 is 5.97 Å². The van der Waals surface area contributed by atoms with Gasteiger partial charge in [0.2, 0.25) is 0 Å². The number of hydrogen-bond acceptors (Lipinski definition) is 5. The number of fused-ring (bicyclic) bond motifs is 1. The number of imide groups is 1. The van der Waals surface area contributed by atoms with E-state index in [2.05, 4.69) is 5.32 Å². The van der Waals surface area contributed by atoms with Gasteiger partial charge in [-0.1, -0.05) is 35.3 Å². The third kappa shape index (κ3) is 4.11. The largest absolute Gasteiger partial charge is 0.451 e. The van der Waals surface area contributed by atoms with Crippen molar-refractivity contribution in [2.45, 2.75) is 26.0 Å². The molecule has 0 aromatic heterocycles. The second-order valence-electron chi connectivity index (χ2n) is 6.39. The van der Waals surface area contributed by atoms with Crippen molar-refractivity contribution in [1.82, 2.24) is 4.90 Å². The first-order valence-electron chi connectivity index (χ1n) is 8.64. The summed E-state index contributed by atoms with van der Waals surface area (Å²) >= 11 is 11.8. The smallest absolute Gasteiger partial charge is 0.329 e. The number of rotatable bonds is 5. The number of ether oxygens (including phenoxy) is 1. The summed E-state index contributed by atoms with van der Waals surface area (Å²) in [7, 11) is 0. The van der Waals surface area contributed by atoms with Gasteiger partial charge in [-0.25, -0.2) is 4.79 Å². The normalized spacial score (nSPS) is 15.0. The number of carbonyl (C=O) groups is 4. The highest BCUT2D eigenvalue weighted by Crippen LogP contribution is 2.26. The van der Waals surface area contributed by atoms with Gasteiger partial charge in [-0.05, 0) is 44.2 Å². The summed E-state index contributed by atoms with van der Waals surface area (Å²) in [6.07, 6.45) is -1.19. The second-order valence-corrected chi connectivity index (χ2v) is 7.24. The van der Waals surface area contributed by atoms with E-state index in [0.29, 0.717) is 10.7 Å². The summed E-state index contributed by atoms with van der Waals surface area (Å²) in [5.74, 6) is -2.68. The van der Waals surface area contributed by atoms with E-state index in [9.17, 15) is 19.2 Å². The van der Waals surface area contributed by atoms with Crippen LogP contribution in [0.15, 0.2) is 42.5 Å². The second kappa shape index (κ2) is 8.23. The molecule has 2 aromatic rings. The van der Waals surface area contributed by atoms with E-state index >= 15 is 0 Å². The molecule has 0 aliphatic carbocycles. The number of anilines is 1. The Bertz CT molecular complexity index is 989. The van der Waals surface area contributed by atoms with Crippen LogP contribution in [0.3, 0.4) is 0 Å². The molecule has 0 radical (unpaired) electrons. The van der Waals surface area contributed by atoms with Gasteiger partial charge in [-0.15, -0.1) is 0 Å². The maximum Gasteiger partial charge on any atom is 0.329 e. The Morgan fingerprint density at radius 1 is 1.00 bits per heavy atom. The number of benzene rings is 2. The first-order valence-corrected chi connectivity index (χ1v) is 9.39. The van der Waals surface area contributed by atoms with E-state index in [4.69, 9.17) is 27.9 Å². The van der Waals surface area contributed by atoms with Gasteiger partial charge in [0, 0.05) is 5.02 Å². The number of amides is 3. The Morgan fingerprint density at radius 3 is 2.14 bits per heavy atom. The zero-order chi connectivity index (χ0) is 21.3. The number of esters is 1. The van der Waals surface area contributed by atoms with Crippen LogP contribution in [0.2, 0.25) is 10.0 Å². The lowest BCUT2D eigenvalue weighted by molar-refractivity contribution is -0.156. The topological polar surface area (TPSA) is 92.8 Å². The Balaban J connectivity index is 1.66. The van der Waals surface area contributed by atoms with E-state index in [1.54, 1.807) is 18.2 Å². The third-order valence-electron chi connectivity index (χ3n) is 4.41. The maximum atomic E-state index is 12.5. The van der Waals surface area contributed by atoms with Crippen molar-refractivity contribution in [3.05, 3.63) is 63.6 Å². The Hall–Kier alpha value is -2.90. The first kappa shape index (κ1) is 20.8. The third-order valence-corrected chi connectivity index (χ3v) is 4.95. The van der Waals surface area contributed by atoms with Crippen molar-refractivity contribution in [3.63, 3.8) is 0 Å². The standard InChI is InChI=1S/C20H16Cl2N2O5/c1-10(24-18(26)13-5-3-4-6-14(13)19(24)27)20(28)29-11(2)17(25)23-16-8-7-12(21)9-15(16)22/h3-11H,1-2H3,(H,23,25). The average molecular weight is 435 g/mol. The molecule has 0 fully saturated rings. The molecule has 2 aromatic carbocycles. The molecule has 0 saturated heterocycles. The summed E-state index contributed by atoms with van der Waals surface area (Å²) in [4.78, 5) is 50.5. The van der Waals surface area contributed by atoms with Gasteiger partial charge in [0.25, 0.3) is 17.7 Å². The summed E-state index contributed by atoms with van der Waals surface area (Å²) in [6, 6.07) is 9.61. The molecule has 9 heteroatoms. The van der Waals surface area contributed by atoms with Crippen LogP contribution in [0.25, 0.3) is 0 Å². The Morgan fingerprint density at radius 2 is 1.59 bits per heavy atom. The molecule has 1 aliphatic rings. The Labute approximate surface area is 176 Å². The average Bonchev–Trinajstić information content (AvgIpc) is 2.94. The molecule has 29 heavy (non-hydrogen) atoms. The number of carbonyl (C=O) groups excluding carboxylic acids is 4. The summed E-state index contributed by atoms with van der Waals surface area (Å²) in [6.45, 7) is 2.73. The molecule has 3 rings (SSSR count). The van der Waals surface area contributed by atoms with E-state index in [0.717, 1.165) is 4.90 Å². The van der Waals surface area contributed by atoms with Gasteiger partial charge < -0.3 is 10.1 Å². The number of nitrogens with one attached hydrogen (secondary N) is 1. The molecular weight excluding hydrogens is 419 g/mol. The number of hydrogen-bond donors (Lipinski definition) is 1. The molecule has 2 atom stereocenters. The minimum Gasteiger partial charge on any atom is -0.451 e. The lowest BCUT2D eigenvalue weighted by Crippen LogP contribution is -2.45. The molecule has 1 aliphatic heterocycles. The van der Waals surface area contributed by atoms with Crippen LogP contribution >= 0.6 is 23.2 Å². The molecule has 7 nitrogen and oxygen atoms in total. The van der Waals surface area contributed by atoms with Crippen LogP contribution in [0.1, 0.15) is 34.6 Å². The molecule has 3 amide bonds. The van der Waals surface area contributed by atoms with Gasteiger partial charge in [0.1, 0.15) is 6.04 Å². The van der Waals surface area contributed by atoms with Crippen LogP contribution in [0, 0.1) is 0 Å². The fourth-order valence-electron chi connectivity index (χ4n) is 2.82. The zero-order valence-electron chi connectivity index (χ0n) is 15.4. The summed E-state index contributed by atoms with van der Waals surface area (Å²) in [5, 5.41) is 3.16. The fourth-order valence-corrected chi connectivity index (χ4v) is 3.27. The first-order chi connectivity index (χ1) is 13.7. The number of nitrogens with zero attached hydrogens (tertiary/aromatic N) is 1. The summed E-state index contributed by atoms with van der Waals surface area (Å²) in [5.41, 5.74) is 0.748. The molecule has 1 N–H and O–H groups in total. The van der Waals surface area contributed by atoms with Crippen molar-refractivity contribution in [1.29, 1.82) is 0 Å². The molecule has 150 valence electrons. The van der Waals surface area contributed by atoms with E-state index in [1.807, 2.05) is 0 Å². The SMILES string of the molecule is CC(OC(=O)C(C)N1C(=O)c2ccccc2C1=O)C(=O)Nc1ccc(Cl)cc1Cl. The van der Waals surface area contributed by atoms with E-state index in [-0.39, 0.29) is 16.1 Å². The maximum absolute atomic E-state index is 12.5. The predicted octanol–water partition coefficient (Wildman–Crippen LogP) is 3.55. The summed E-state index contributed by atoms with van der Waals surface area (Å²) < 4.78 is 5.15. The highest BCUT2D eigenvalue weighted by Gasteiger charge is 2.41. The van der Waals surface area contributed by atoms with E-state index in [1.165, 1.54) is 38.1 Å². The van der Waals surface area contributed by atoms with Gasteiger partial charge in [0.15, 0.2) is 6.10 Å². The molecule has 2 unspecified atom stereocenters. The van der Waals surface area contributed by atoms with Crippen molar-refractivity contribution in [2.75, 3.05) is 5.32 Å². The Kier molecular flexibility index (Phi) is 5.91. The van der Waals surface area contributed by atoms with Crippen molar-refractivity contribution in [2.24, 2.45) is 0 Å². The monoisotopic (exact) mass is 434 g/mol. The van der Waals surface area contributed by atoms with Crippen molar-refractivity contribution >= 4 is 52.6 Å². The fraction of sp³-hybridized carbons (Fsp3) is 0.200. The predicted molar refractivity (Wildman–Crippen MR) is 107 cm³/mol. The van der Waals surface area contributed by atoms with E-state index < -0.39 is 35.8 Å². The lowest BCUT2D eigenvalue weighted by Gasteiger charge is -2.22. The zero-order valence-corrected chi connectivity index (χ0v) is 17.0. The highest BCUT2D eigenvalue weighted by molar-refractivity contribution is 6.36. The van der Waals surface area contributed by atoms with Crippen molar-refractivity contribution in [3.8, 4) is 0 Å². The van der Waals surface area contributed by atoms with Gasteiger partial charge in [0.05, 0.1) is 21.8 Å². The minimum atomic E-state index is -1.20. The van der Waals surface area contributed by atoms with Crippen LogP contribution in [-0.4, -0.2) is 40.7 Å². The van der Waals surface area contributed by atoms with Crippen molar-refractivity contribution < 1.29 is 23.9 Å². The van der Waals surface area contributed by atoms with Crippen LogP contribution in [0.4, 0.5) is 5.69 Å². The molecule has 0 saturated carbocycles. The quantitative estimate of drug-likeness (QED) is 0.573.